The fourth-order valence-corrected chi connectivity index (χ4v) is 3.41. The summed E-state index contributed by atoms with van der Waals surface area (Å²) in [5.41, 5.74) is 1.18. The van der Waals surface area contributed by atoms with Crippen molar-refractivity contribution in [2.24, 2.45) is 0 Å². The summed E-state index contributed by atoms with van der Waals surface area (Å²) >= 11 is 1.75. The van der Waals surface area contributed by atoms with E-state index in [0.29, 0.717) is 13.2 Å². The van der Waals surface area contributed by atoms with E-state index in [9.17, 15) is 0 Å². The fourth-order valence-electron chi connectivity index (χ4n) is 2.42. The molecular formula is C16H20N2O2S. The molecule has 5 heteroatoms. The summed E-state index contributed by atoms with van der Waals surface area (Å²) in [4.78, 5) is 8.06. The van der Waals surface area contributed by atoms with Crippen molar-refractivity contribution in [3.63, 3.8) is 0 Å². The topological polar surface area (TPSA) is 34.6 Å². The zero-order valence-electron chi connectivity index (χ0n) is 12.2. The van der Waals surface area contributed by atoms with Crippen molar-refractivity contribution in [3.8, 4) is 10.6 Å². The molecule has 4 nitrogen and oxygen atoms in total. The van der Waals surface area contributed by atoms with Crippen LogP contribution >= 0.6 is 11.3 Å². The second-order valence-corrected chi connectivity index (χ2v) is 6.38. The molecule has 1 aliphatic heterocycles. The molecule has 2 aromatic rings. The van der Waals surface area contributed by atoms with Crippen LogP contribution in [0.15, 0.2) is 36.5 Å². The van der Waals surface area contributed by atoms with Crippen LogP contribution in [0.5, 0.6) is 0 Å². The summed E-state index contributed by atoms with van der Waals surface area (Å²) in [7, 11) is 2.11. The first-order valence-corrected chi connectivity index (χ1v) is 8.01. The van der Waals surface area contributed by atoms with Crippen LogP contribution in [-0.2, 0) is 16.0 Å². The Labute approximate surface area is 129 Å². The van der Waals surface area contributed by atoms with Crippen LogP contribution in [0.1, 0.15) is 4.88 Å². The Morgan fingerprint density at radius 2 is 2.14 bits per heavy atom. The standard InChI is InChI=1S/C16H20N2O2S/c1-18(10-14-12-19-7-8-20-14)11-15-9-17-16(21-15)13-5-3-2-4-6-13/h2-6,9,14H,7-8,10-12H2,1H3/t14-/m1/s1. The lowest BCUT2D eigenvalue weighted by Crippen LogP contribution is -2.38. The summed E-state index contributed by atoms with van der Waals surface area (Å²) in [6.07, 6.45) is 2.16. The van der Waals surface area contributed by atoms with E-state index in [1.165, 1.54) is 10.4 Å². The van der Waals surface area contributed by atoms with Gasteiger partial charge in [-0.25, -0.2) is 4.98 Å². The van der Waals surface area contributed by atoms with Gasteiger partial charge in [-0.2, -0.15) is 0 Å². The molecule has 1 saturated heterocycles. The number of ether oxygens (including phenoxy) is 2. The van der Waals surface area contributed by atoms with E-state index in [4.69, 9.17) is 9.47 Å². The Morgan fingerprint density at radius 3 is 2.90 bits per heavy atom. The molecule has 0 radical (unpaired) electrons. The molecule has 2 heterocycles. The van der Waals surface area contributed by atoms with E-state index in [2.05, 4.69) is 29.1 Å². The van der Waals surface area contributed by atoms with Crippen molar-refractivity contribution >= 4 is 11.3 Å². The van der Waals surface area contributed by atoms with Gasteiger partial charge in [0.15, 0.2) is 0 Å². The molecule has 0 amide bonds. The van der Waals surface area contributed by atoms with Gasteiger partial charge in [0.25, 0.3) is 0 Å². The van der Waals surface area contributed by atoms with Gasteiger partial charge < -0.3 is 9.47 Å². The second-order valence-electron chi connectivity index (χ2n) is 5.26. The summed E-state index contributed by atoms with van der Waals surface area (Å²) in [5, 5.41) is 1.08. The van der Waals surface area contributed by atoms with E-state index in [1.54, 1.807) is 11.3 Å². The van der Waals surface area contributed by atoms with Gasteiger partial charge in [-0.3, -0.25) is 4.90 Å². The van der Waals surface area contributed by atoms with Crippen LogP contribution in [0, 0.1) is 0 Å². The van der Waals surface area contributed by atoms with Crippen molar-refractivity contribution in [2.75, 3.05) is 33.4 Å². The number of rotatable bonds is 5. The first-order chi connectivity index (χ1) is 10.3. The highest BCUT2D eigenvalue weighted by molar-refractivity contribution is 7.15. The molecule has 0 bridgehead atoms. The minimum absolute atomic E-state index is 0.185. The van der Waals surface area contributed by atoms with Crippen LogP contribution in [0.3, 0.4) is 0 Å². The van der Waals surface area contributed by atoms with Gasteiger partial charge in [-0.15, -0.1) is 11.3 Å². The third kappa shape index (κ3) is 4.11. The summed E-state index contributed by atoms with van der Waals surface area (Å²) in [6.45, 7) is 3.90. The van der Waals surface area contributed by atoms with Crippen molar-refractivity contribution in [2.45, 2.75) is 12.6 Å². The Morgan fingerprint density at radius 1 is 1.29 bits per heavy atom. The van der Waals surface area contributed by atoms with E-state index in [1.807, 2.05) is 24.4 Å². The van der Waals surface area contributed by atoms with Crippen LogP contribution in [0.4, 0.5) is 0 Å². The molecule has 3 rings (SSSR count). The van der Waals surface area contributed by atoms with Crippen LogP contribution < -0.4 is 0 Å². The van der Waals surface area contributed by atoms with Crippen molar-refractivity contribution < 1.29 is 9.47 Å². The van der Waals surface area contributed by atoms with E-state index < -0.39 is 0 Å². The molecule has 1 fully saturated rings. The molecule has 0 unspecified atom stereocenters. The summed E-state index contributed by atoms with van der Waals surface area (Å²) < 4.78 is 11.1. The maximum absolute atomic E-state index is 5.68. The zero-order valence-corrected chi connectivity index (χ0v) is 13.0. The Hall–Kier alpha value is -1.27. The van der Waals surface area contributed by atoms with Gasteiger partial charge in [0, 0.05) is 29.7 Å². The molecule has 1 aromatic heterocycles. The van der Waals surface area contributed by atoms with Crippen LogP contribution in [0.2, 0.25) is 0 Å². The Kier molecular flexibility index (Phi) is 4.98. The van der Waals surface area contributed by atoms with E-state index in [0.717, 1.165) is 24.7 Å². The van der Waals surface area contributed by atoms with Crippen molar-refractivity contribution in [3.05, 3.63) is 41.4 Å². The molecule has 1 aromatic carbocycles. The smallest absolute Gasteiger partial charge is 0.123 e. The number of nitrogens with zero attached hydrogens (tertiary/aromatic N) is 2. The third-order valence-electron chi connectivity index (χ3n) is 3.40. The predicted molar refractivity (Wildman–Crippen MR) is 84.4 cm³/mol. The second kappa shape index (κ2) is 7.13. The highest BCUT2D eigenvalue weighted by Gasteiger charge is 2.17. The molecule has 0 N–H and O–H groups in total. The van der Waals surface area contributed by atoms with Crippen LogP contribution in [0.25, 0.3) is 10.6 Å². The number of hydrogen-bond donors (Lipinski definition) is 0. The first-order valence-electron chi connectivity index (χ1n) is 7.19. The lowest BCUT2D eigenvalue weighted by atomic mass is 10.2. The maximum atomic E-state index is 5.68. The SMILES string of the molecule is CN(Cc1cnc(-c2ccccc2)s1)C[C@@H]1COCCO1. The largest absolute Gasteiger partial charge is 0.376 e. The average molecular weight is 304 g/mol. The number of benzene rings is 1. The van der Waals surface area contributed by atoms with Gasteiger partial charge >= 0.3 is 0 Å². The highest BCUT2D eigenvalue weighted by Crippen LogP contribution is 2.25. The summed E-state index contributed by atoms with van der Waals surface area (Å²) in [6, 6.07) is 10.3. The lowest BCUT2D eigenvalue weighted by Gasteiger charge is -2.27. The maximum Gasteiger partial charge on any atom is 0.123 e. The average Bonchev–Trinajstić information content (AvgIpc) is 2.97. The quantitative estimate of drug-likeness (QED) is 0.850. The molecule has 1 aliphatic rings. The van der Waals surface area contributed by atoms with Crippen molar-refractivity contribution in [1.29, 1.82) is 0 Å². The van der Waals surface area contributed by atoms with Gasteiger partial charge in [0.1, 0.15) is 5.01 Å². The first kappa shape index (κ1) is 14.7. The van der Waals surface area contributed by atoms with Gasteiger partial charge in [-0.05, 0) is 7.05 Å². The molecular weight excluding hydrogens is 284 g/mol. The third-order valence-corrected chi connectivity index (χ3v) is 4.43. The molecule has 0 saturated carbocycles. The van der Waals surface area contributed by atoms with Gasteiger partial charge in [-0.1, -0.05) is 30.3 Å². The predicted octanol–water partition coefficient (Wildman–Crippen LogP) is 2.66. The van der Waals surface area contributed by atoms with Crippen molar-refractivity contribution in [1.82, 2.24) is 9.88 Å². The van der Waals surface area contributed by atoms with Crippen LogP contribution in [-0.4, -0.2) is 49.4 Å². The monoisotopic (exact) mass is 304 g/mol. The number of thiazole rings is 1. The molecule has 1 atom stereocenters. The Balaban J connectivity index is 1.56. The number of likely N-dealkylation sites (N-methyl/N-ethyl adjacent to an activating group) is 1. The summed E-state index contributed by atoms with van der Waals surface area (Å²) in [5.74, 6) is 0. The molecule has 0 spiro atoms. The molecule has 112 valence electrons. The van der Waals surface area contributed by atoms with Gasteiger partial charge in [0.05, 0.1) is 25.9 Å². The zero-order chi connectivity index (χ0) is 14.5. The molecule has 0 aliphatic carbocycles. The number of aromatic nitrogens is 1. The highest BCUT2D eigenvalue weighted by atomic mass is 32.1. The Bertz CT molecular complexity index is 552. The lowest BCUT2D eigenvalue weighted by molar-refractivity contribution is -0.0962. The minimum Gasteiger partial charge on any atom is -0.376 e. The molecule has 21 heavy (non-hydrogen) atoms. The minimum atomic E-state index is 0.185. The van der Waals surface area contributed by atoms with E-state index in [-0.39, 0.29) is 6.10 Å². The number of hydrogen-bond acceptors (Lipinski definition) is 5. The van der Waals surface area contributed by atoms with Gasteiger partial charge in [0.2, 0.25) is 0 Å². The van der Waals surface area contributed by atoms with E-state index >= 15 is 0 Å². The fraction of sp³-hybridized carbons (Fsp3) is 0.438. The normalized spacial score (nSPS) is 19.0.